The van der Waals surface area contributed by atoms with Crippen molar-refractivity contribution in [2.45, 2.75) is 13.3 Å². The van der Waals surface area contributed by atoms with E-state index in [0.29, 0.717) is 12.1 Å². The Balaban J connectivity index is 1.94. The summed E-state index contributed by atoms with van der Waals surface area (Å²) in [6, 6.07) is 5.83. The van der Waals surface area contributed by atoms with Crippen LogP contribution in [-0.4, -0.2) is 22.9 Å². The zero-order valence-electron chi connectivity index (χ0n) is 11.5. The first kappa shape index (κ1) is 13.5. The lowest BCUT2D eigenvalue weighted by Crippen LogP contribution is -2.31. The fraction of sp³-hybridized carbons (Fsp3) is 0.312. The van der Waals surface area contributed by atoms with Crippen LogP contribution in [0.2, 0.25) is 0 Å². The van der Waals surface area contributed by atoms with E-state index in [0.717, 1.165) is 0 Å². The summed E-state index contributed by atoms with van der Waals surface area (Å²) < 4.78 is 0. The Morgan fingerprint density at radius 2 is 1.86 bits per heavy atom. The second-order valence-corrected chi connectivity index (χ2v) is 5.52. The molecule has 1 N–H and O–H groups in total. The SMILES string of the molecule is C[C@@H]1C=CC[C@@H]2C(=O)N(c3ccc(C(=O)O)cc3)C(=O)[C@H]12. The van der Waals surface area contributed by atoms with Crippen LogP contribution < -0.4 is 4.90 Å². The van der Waals surface area contributed by atoms with Gasteiger partial charge in [0.05, 0.1) is 23.1 Å². The Morgan fingerprint density at radius 1 is 1.19 bits per heavy atom. The standard InChI is InChI=1S/C16H15NO4/c1-9-3-2-4-12-13(9)15(19)17(14(12)18)11-7-5-10(6-8-11)16(20)21/h2-3,5-9,12-13H,4H2,1H3,(H,20,21)/t9-,12+,13-/m1/s1. The van der Waals surface area contributed by atoms with Crippen molar-refractivity contribution in [2.24, 2.45) is 17.8 Å². The summed E-state index contributed by atoms with van der Waals surface area (Å²) in [5, 5.41) is 8.89. The van der Waals surface area contributed by atoms with Crippen molar-refractivity contribution in [3.05, 3.63) is 42.0 Å². The van der Waals surface area contributed by atoms with Crippen molar-refractivity contribution >= 4 is 23.5 Å². The van der Waals surface area contributed by atoms with Gasteiger partial charge in [-0.15, -0.1) is 0 Å². The number of carboxylic acids is 1. The molecule has 3 atom stereocenters. The van der Waals surface area contributed by atoms with Gasteiger partial charge in [0.1, 0.15) is 0 Å². The monoisotopic (exact) mass is 285 g/mol. The minimum atomic E-state index is -1.04. The number of benzene rings is 1. The van der Waals surface area contributed by atoms with E-state index in [-0.39, 0.29) is 35.1 Å². The average Bonchev–Trinajstić information content (AvgIpc) is 2.72. The normalized spacial score (nSPS) is 27.9. The third-order valence-electron chi connectivity index (χ3n) is 4.25. The molecule has 0 aromatic heterocycles. The van der Waals surface area contributed by atoms with Gasteiger partial charge < -0.3 is 5.11 Å². The first-order valence-corrected chi connectivity index (χ1v) is 6.88. The molecule has 1 heterocycles. The van der Waals surface area contributed by atoms with Gasteiger partial charge >= 0.3 is 5.97 Å². The lowest BCUT2D eigenvalue weighted by Gasteiger charge is -2.22. The first-order valence-electron chi connectivity index (χ1n) is 6.88. The van der Waals surface area contributed by atoms with Crippen LogP contribution in [0, 0.1) is 17.8 Å². The van der Waals surface area contributed by atoms with E-state index in [1.807, 2.05) is 19.1 Å². The summed E-state index contributed by atoms with van der Waals surface area (Å²) in [6.45, 7) is 1.94. The smallest absolute Gasteiger partial charge is 0.335 e. The summed E-state index contributed by atoms with van der Waals surface area (Å²) in [6.07, 6.45) is 4.51. The average molecular weight is 285 g/mol. The maximum atomic E-state index is 12.5. The first-order chi connectivity index (χ1) is 10.0. The zero-order valence-corrected chi connectivity index (χ0v) is 11.5. The molecule has 1 aromatic rings. The second kappa shape index (κ2) is 4.84. The van der Waals surface area contributed by atoms with Crippen LogP contribution in [0.3, 0.4) is 0 Å². The van der Waals surface area contributed by atoms with E-state index < -0.39 is 5.97 Å². The van der Waals surface area contributed by atoms with Gasteiger partial charge in [0.15, 0.2) is 0 Å². The number of allylic oxidation sites excluding steroid dienone is 2. The van der Waals surface area contributed by atoms with E-state index in [1.54, 1.807) is 0 Å². The quantitative estimate of drug-likeness (QED) is 0.667. The number of anilines is 1. The number of carbonyl (C=O) groups is 3. The number of aromatic carboxylic acids is 1. The van der Waals surface area contributed by atoms with Crippen molar-refractivity contribution in [1.82, 2.24) is 0 Å². The lowest BCUT2D eigenvalue weighted by atomic mass is 9.78. The summed E-state index contributed by atoms with van der Waals surface area (Å²) in [5.41, 5.74) is 0.571. The number of nitrogens with zero attached hydrogens (tertiary/aromatic N) is 1. The predicted molar refractivity (Wildman–Crippen MR) is 75.8 cm³/mol. The van der Waals surface area contributed by atoms with E-state index in [4.69, 9.17) is 5.11 Å². The Hall–Kier alpha value is -2.43. The van der Waals surface area contributed by atoms with Crippen molar-refractivity contribution in [2.75, 3.05) is 4.90 Å². The number of hydrogen-bond acceptors (Lipinski definition) is 3. The number of amides is 2. The van der Waals surface area contributed by atoms with Crippen molar-refractivity contribution in [3.63, 3.8) is 0 Å². The molecular formula is C16H15NO4. The summed E-state index contributed by atoms with van der Waals surface area (Å²) >= 11 is 0. The third kappa shape index (κ3) is 2.05. The zero-order chi connectivity index (χ0) is 15.1. The van der Waals surface area contributed by atoms with Gasteiger partial charge in [0, 0.05) is 0 Å². The Labute approximate surface area is 121 Å². The number of carbonyl (C=O) groups excluding carboxylic acids is 2. The van der Waals surface area contributed by atoms with E-state index >= 15 is 0 Å². The molecular weight excluding hydrogens is 270 g/mol. The van der Waals surface area contributed by atoms with Gasteiger partial charge in [-0.25, -0.2) is 4.79 Å². The topological polar surface area (TPSA) is 74.7 Å². The molecule has 3 rings (SSSR count). The molecule has 1 fully saturated rings. The maximum absolute atomic E-state index is 12.5. The Kier molecular flexibility index (Phi) is 3.12. The van der Waals surface area contributed by atoms with Crippen LogP contribution in [0.1, 0.15) is 23.7 Å². The van der Waals surface area contributed by atoms with Crippen LogP contribution in [-0.2, 0) is 9.59 Å². The van der Waals surface area contributed by atoms with E-state index in [2.05, 4.69) is 0 Å². The van der Waals surface area contributed by atoms with Crippen LogP contribution in [0.25, 0.3) is 0 Å². The van der Waals surface area contributed by atoms with Crippen molar-refractivity contribution in [1.29, 1.82) is 0 Å². The molecule has 5 nitrogen and oxygen atoms in total. The van der Waals surface area contributed by atoms with E-state index in [9.17, 15) is 14.4 Å². The molecule has 0 bridgehead atoms. The van der Waals surface area contributed by atoms with Crippen molar-refractivity contribution < 1.29 is 19.5 Å². The van der Waals surface area contributed by atoms with Gasteiger partial charge in [0.25, 0.3) is 0 Å². The highest BCUT2D eigenvalue weighted by molar-refractivity contribution is 6.22. The van der Waals surface area contributed by atoms with E-state index in [1.165, 1.54) is 29.2 Å². The van der Waals surface area contributed by atoms with Gasteiger partial charge in [-0.3, -0.25) is 14.5 Å². The van der Waals surface area contributed by atoms with Crippen LogP contribution in [0.4, 0.5) is 5.69 Å². The largest absolute Gasteiger partial charge is 0.478 e. The predicted octanol–water partition coefficient (Wildman–Crippen LogP) is 2.09. The number of carboxylic acid groups (broad SMARTS) is 1. The van der Waals surface area contributed by atoms with Gasteiger partial charge in [-0.2, -0.15) is 0 Å². The molecule has 5 heteroatoms. The summed E-state index contributed by atoms with van der Waals surface area (Å²) in [5.74, 6) is -1.97. The molecule has 21 heavy (non-hydrogen) atoms. The fourth-order valence-electron chi connectivity index (χ4n) is 3.16. The molecule has 108 valence electrons. The molecule has 1 aliphatic carbocycles. The Bertz CT molecular complexity index is 647. The van der Waals surface area contributed by atoms with Gasteiger partial charge in [0.2, 0.25) is 11.8 Å². The summed E-state index contributed by atoms with van der Waals surface area (Å²) in [7, 11) is 0. The third-order valence-corrected chi connectivity index (χ3v) is 4.25. The molecule has 1 aliphatic heterocycles. The molecule has 1 saturated heterocycles. The molecule has 2 amide bonds. The van der Waals surface area contributed by atoms with Gasteiger partial charge in [-0.1, -0.05) is 19.1 Å². The Morgan fingerprint density at radius 3 is 2.43 bits per heavy atom. The lowest BCUT2D eigenvalue weighted by molar-refractivity contribution is -0.122. The number of rotatable bonds is 2. The number of hydrogen-bond donors (Lipinski definition) is 1. The minimum Gasteiger partial charge on any atom is -0.478 e. The highest BCUT2D eigenvalue weighted by Crippen LogP contribution is 2.40. The molecule has 1 aromatic carbocycles. The fourth-order valence-corrected chi connectivity index (χ4v) is 3.16. The molecule has 0 unspecified atom stereocenters. The molecule has 0 spiro atoms. The van der Waals surface area contributed by atoms with Gasteiger partial charge in [-0.05, 0) is 36.6 Å². The molecule has 0 radical (unpaired) electrons. The van der Waals surface area contributed by atoms with Crippen LogP contribution in [0.15, 0.2) is 36.4 Å². The number of fused-ring (bicyclic) bond motifs is 1. The maximum Gasteiger partial charge on any atom is 0.335 e. The summed E-state index contributed by atoms with van der Waals surface area (Å²) in [4.78, 5) is 37.1. The highest BCUT2D eigenvalue weighted by Gasteiger charge is 2.50. The second-order valence-electron chi connectivity index (χ2n) is 5.52. The van der Waals surface area contributed by atoms with Crippen LogP contribution in [0.5, 0.6) is 0 Å². The van der Waals surface area contributed by atoms with Crippen molar-refractivity contribution in [3.8, 4) is 0 Å². The number of imide groups is 1. The molecule has 0 saturated carbocycles. The highest BCUT2D eigenvalue weighted by atomic mass is 16.4. The molecule has 2 aliphatic rings. The van der Waals surface area contributed by atoms with Crippen LogP contribution >= 0.6 is 0 Å². The minimum absolute atomic E-state index is 0.0449.